The first kappa shape index (κ1) is 21.1. The molecule has 7 nitrogen and oxygen atoms in total. The molecule has 0 aromatic heterocycles. The molecular weight excluding hydrogens is 384 g/mol. The van der Waals surface area contributed by atoms with Crippen molar-refractivity contribution in [3.05, 3.63) is 66.2 Å². The van der Waals surface area contributed by atoms with E-state index in [-0.39, 0.29) is 18.2 Å². The molecule has 0 bridgehead atoms. The molecule has 1 aliphatic carbocycles. The smallest absolute Gasteiger partial charge is 0.307 e. The van der Waals surface area contributed by atoms with Crippen LogP contribution < -0.4 is 15.4 Å². The average Bonchev–Trinajstić information content (AvgIpc) is 2.75. The fraction of sp³-hybridized carbons (Fsp3) is 0.261. The Labute approximate surface area is 174 Å². The number of nitrogens with one attached hydrogen (secondary N) is 2. The topological polar surface area (TPSA) is 105 Å². The number of hydrogen-bond donors (Lipinski definition) is 3. The van der Waals surface area contributed by atoms with E-state index < -0.39 is 17.8 Å². The van der Waals surface area contributed by atoms with Gasteiger partial charge in [-0.3, -0.25) is 14.4 Å². The number of carboxylic acids is 1. The lowest BCUT2D eigenvalue weighted by Crippen LogP contribution is -2.34. The van der Waals surface area contributed by atoms with Crippen LogP contribution in [0.2, 0.25) is 0 Å². The van der Waals surface area contributed by atoms with E-state index in [2.05, 4.69) is 10.6 Å². The number of aliphatic carboxylic acids is 1. The molecule has 2 amide bonds. The lowest BCUT2D eigenvalue weighted by Gasteiger charge is -2.24. The van der Waals surface area contributed by atoms with Gasteiger partial charge in [0.05, 0.1) is 31.1 Å². The zero-order valence-electron chi connectivity index (χ0n) is 16.6. The number of allylic oxidation sites excluding steroid dienone is 2. The Morgan fingerprint density at radius 3 is 2.37 bits per heavy atom. The zero-order chi connectivity index (χ0) is 21.5. The number of rotatable bonds is 7. The van der Waals surface area contributed by atoms with E-state index in [1.54, 1.807) is 24.3 Å². The number of methoxy groups -OCH3 is 1. The van der Waals surface area contributed by atoms with Gasteiger partial charge in [-0.1, -0.05) is 42.5 Å². The van der Waals surface area contributed by atoms with Crippen LogP contribution in [0.15, 0.2) is 60.7 Å². The van der Waals surface area contributed by atoms with Gasteiger partial charge < -0.3 is 20.5 Å². The summed E-state index contributed by atoms with van der Waals surface area (Å²) in [5.41, 5.74) is 1.85. The molecule has 2 aromatic carbocycles. The molecule has 3 N–H and O–H groups in total. The second-order valence-corrected chi connectivity index (χ2v) is 7.11. The maximum Gasteiger partial charge on any atom is 0.307 e. The highest BCUT2D eigenvalue weighted by molar-refractivity contribution is 5.97. The van der Waals surface area contributed by atoms with Crippen LogP contribution in [0.5, 0.6) is 5.75 Å². The number of carbonyl (C=O) groups excluding carboxylic acids is 2. The van der Waals surface area contributed by atoms with Gasteiger partial charge in [0, 0.05) is 11.8 Å². The minimum atomic E-state index is -0.978. The van der Waals surface area contributed by atoms with Crippen LogP contribution in [-0.2, 0) is 20.8 Å². The maximum absolute atomic E-state index is 12.6. The number of amides is 2. The Balaban J connectivity index is 1.67. The average molecular weight is 408 g/mol. The van der Waals surface area contributed by atoms with Gasteiger partial charge in [0.2, 0.25) is 11.8 Å². The summed E-state index contributed by atoms with van der Waals surface area (Å²) in [4.78, 5) is 36.4. The maximum atomic E-state index is 12.6. The number of carbonyl (C=O) groups is 3. The van der Waals surface area contributed by atoms with Crippen molar-refractivity contribution < 1.29 is 24.2 Å². The predicted octanol–water partition coefficient (Wildman–Crippen LogP) is 3.48. The molecule has 156 valence electrons. The third kappa shape index (κ3) is 5.26. The molecule has 0 aliphatic heterocycles. The lowest BCUT2D eigenvalue weighted by atomic mass is 9.82. The number of benzene rings is 2. The van der Waals surface area contributed by atoms with Crippen LogP contribution in [0.1, 0.15) is 18.4 Å². The summed E-state index contributed by atoms with van der Waals surface area (Å²) in [5, 5.41) is 14.9. The Hall–Kier alpha value is -3.61. The van der Waals surface area contributed by atoms with Crippen LogP contribution >= 0.6 is 0 Å². The molecule has 2 aromatic rings. The minimum Gasteiger partial charge on any atom is -0.494 e. The third-order valence-corrected chi connectivity index (χ3v) is 5.04. The highest BCUT2D eigenvalue weighted by Gasteiger charge is 2.34. The van der Waals surface area contributed by atoms with Crippen molar-refractivity contribution in [2.75, 3.05) is 17.7 Å². The second-order valence-electron chi connectivity index (χ2n) is 7.11. The molecule has 0 saturated carbocycles. The Morgan fingerprint density at radius 1 is 1.00 bits per heavy atom. The highest BCUT2D eigenvalue weighted by atomic mass is 16.5. The summed E-state index contributed by atoms with van der Waals surface area (Å²) >= 11 is 0. The quantitative estimate of drug-likeness (QED) is 0.609. The molecule has 3 rings (SSSR count). The van der Waals surface area contributed by atoms with Crippen LogP contribution in [0.25, 0.3) is 0 Å². The molecule has 0 spiro atoms. The fourth-order valence-electron chi connectivity index (χ4n) is 3.46. The third-order valence-electron chi connectivity index (χ3n) is 5.04. The highest BCUT2D eigenvalue weighted by Crippen LogP contribution is 2.31. The largest absolute Gasteiger partial charge is 0.494 e. The van der Waals surface area contributed by atoms with Crippen LogP contribution in [0.3, 0.4) is 0 Å². The van der Waals surface area contributed by atoms with Crippen molar-refractivity contribution in [3.63, 3.8) is 0 Å². The summed E-state index contributed by atoms with van der Waals surface area (Å²) in [5.74, 6) is -2.50. The fourth-order valence-corrected chi connectivity index (χ4v) is 3.46. The van der Waals surface area contributed by atoms with Crippen LogP contribution in [0.4, 0.5) is 11.4 Å². The lowest BCUT2D eigenvalue weighted by molar-refractivity contribution is -0.146. The van der Waals surface area contributed by atoms with Crippen LogP contribution in [-0.4, -0.2) is 30.0 Å². The van der Waals surface area contributed by atoms with E-state index in [9.17, 15) is 19.5 Å². The molecule has 2 atom stereocenters. The summed E-state index contributed by atoms with van der Waals surface area (Å²) in [6.45, 7) is 0. The first-order valence-corrected chi connectivity index (χ1v) is 9.68. The molecule has 30 heavy (non-hydrogen) atoms. The van der Waals surface area contributed by atoms with E-state index in [1.807, 2.05) is 36.4 Å². The molecule has 0 fully saturated rings. The van der Waals surface area contributed by atoms with Gasteiger partial charge in [0.15, 0.2) is 0 Å². The van der Waals surface area contributed by atoms with Crippen molar-refractivity contribution in [1.82, 2.24) is 0 Å². The summed E-state index contributed by atoms with van der Waals surface area (Å²) in [7, 11) is 1.47. The normalized spacial score (nSPS) is 17.8. The summed E-state index contributed by atoms with van der Waals surface area (Å²) < 4.78 is 5.35. The van der Waals surface area contributed by atoms with Gasteiger partial charge in [-0.15, -0.1) is 0 Å². The molecule has 7 heteroatoms. The van der Waals surface area contributed by atoms with Crippen molar-refractivity contribution in [2.45, 2.75) is 19.3 Å². The predicted molar refractivity (Wildman–Crippen MR) is 113 cm³/mol. The monoisotopic (exact) mass is 408 g/mol. The molecule has 0 unspecified atom stereocenters. The number of anilines is 2. The molecule has 0 heterocycles. The first-order chi connectivity index (χ1) is 14.5. The molecule has 0 radical (unpaired) electrons. The Kier molecular flexibility index (Phi) is 6.85. The molecular formula is C23H24N2O5. The van der Waals surface area contributed by atoms with Gasteiger partial charge in [0.25, 0.3) is 0 Å². The Morgan fingerprint density at radius 2 is 1.70 bits per heavy atom. The molecule has 1 aliphatic rings. The van der Waals surface area contributed by atoms with E-state index in [0.29, 0.717) is 30.0 Å². The minimum absolute atomic E-state index is 0.186. The van der Waals surface area contributed by atoms with Gasteiger partial charge >= 0.3 is 5.97 Å². The van der Waals surface area contributed by atoms with Crippen molar-refractivity contribution >= 4 is 29.2 Å². The van der Waals surface area contributed by atoms with Gasteiger partial charge in [0.1, 0.15) is 5.75 Å². The second kappa shape index (κ2) is 9.73. The van der Waals surface area contributed by atoms with E-state index in [4.69, 9.17) is 4.74 Å². The summed E-state index contributed by atoms with van der Waals surface area (Å²) in [6.07, 6.45) is 4.57. The van der Waals surface area contributed by atoms with Crippen molar-refractivity contribution in [1.29, 1.82) is 0 Å². The van der Waals surface area contributed by atoms with E-state index in [1.165, 1.54) is 7.11 Å². The van der Waals surface area contributed by atoms with Crippen molar-refractivity contribution in [2.24, 2.45) is 11.8 Å². The zero-order valence-corrected chi connectivity index (χ0v) is 16.6. The first-order valence-electron chi connectivity index (χ1n) is 9.68. The van der Waals surface area contributed by atoms with Crippen molar-refractivity contribution in [3.8, 4) is 5.75 Å². The van der Waals surface area contributed by atoms with Gasteiger partial charge in [-0.25, -0.2) is 0 Å². The standard InChI is InChI=1S/C23H24N2O5/c1-30-20-14-16(24-22(27)17-9-5-6-10-18(17)23(28)29)11-12-19(20)25-21(26)13-15-7-3-2-4-8-15/h2-8,11-12,14,17-18H,9-10,13H2,1H3,(H,24,27)(H,25,26)(H,28,29)/t17-,18-/m0/s1. The van der Waals surface area contributed by atoms with Gasteiger partial charge in [-0.05, 0) is 30.5 Å². The number of hydrogen-bond acceptors (Lipinski definition) is 4. The number of carboxylic acid groups (broad SMARTS) is 1. The SMILES string of the molecule is COc1cc(NC(=O)[C@H]2CC=CC[C@@H]2C(=O)O)ccc1NC(=O)Cc1ccccc1. The Bertz CT molecular complexity index is 955. The summed E-state index contributed by atoms with van der Waals surface area (Å²) in [6, 6.07) is 14.3. The number of ether oxygens (including phenoxy) is 1. The van der Waals surface area contributed by atoms with E-state index in [0.717, 1.165) is 5.56 Å². The van der Waals surface area contributed by atoms with Gasteiger partial charge in [-0.2, -0.15) is 0 Å². The van der Waals surface area contributed by atoms with E-state index >= 15 is 0 Å². The molecule has 0 saturated heterocycles. The van der Waals surface area contributed by atoms with Crippen LogP contribution in [0, 0.1) is 11.8 Å².